The first-order valence-electron chi connectivity index (χ1n) is 7.86. The van der Waals surface area contributed by atoms with Crippen molar-refractivity contribution in [2.24, 2.45) is 5.16 Å². The smallest absolute Gasteiger partial charge is 0.252 e. The summed E-state index contributed by atoms with van der Waals surface area (Å²) in [6.07, 6.45) is 0.667. The maximum absolute atomic E-state index is 5.52. The van der Waals surface area contributed by atoms with Gasteiger partial charge in [-0.25, -0.2) is 4.98 Å². The highest BCUT2D eigenvalue weighted by atomic mass is 16.6. The first-order chi connectivity index (χ1) is 11.7. The normalized spacial score (nSPS) is 11.3. The number of aryl methyl sites for hydroxylation is 1. The molecule has 0 spiro atoms. The number of hydrogen-bond acceptors (Lipinski definition) is 4. The van der Waals surface area contributed by atoms with Crippen LogP contribution in [0.25, 0.3) is 0 Å². The predicted octanol–water partition coefficient (Wildman–Crippen LogP) is 4.18. The SMILES string of the molecule is C/C(=N\Oc1cc(C)nc(Cc2ccccc2)n1)c1ccccc1. The van der Waals surface area contributed by atoms with Gasteiger partial charge in [0.15, 0.2) is 0 Å². The van der Waals surface area contributed by atoms with E-state index in [-0.39, 0.29) is 0 Å². The van der Waals surface area contributed by atoms with Crippen LogP contribution in [0.5, 0.6) is 5.88 Å². The molecule has 0 aliphatic rings. The van der Waals surface area contributed by atoms with Crippen LogP contribution in [-0.2, 0) is 6.42 Å². The average Bonchev–Trinajstić information content (AvgIpc) is 2.61. The van der Waals surface area contributed by atoms with E-state index in [9.17, 15) is 0 Å². The van der Waals surface area contributed by atoms with Gasteiger partial charge in [0.25, 0.3) is 5.88 Å². The molecule has 0 unspecified atom stereocenters. The Balaban J connectivity index is 1.76. The highest BCUT2D eigenvalue weighted by molar-refractivity contribution is 5.98. The van der Waals surface area contributed by atoms with Crippen LogP contribution in [0.2, 0.25) is 0 Å². The van der Waals surface area contributed by atoms with Gasteiger partial charge in [0, 0.05) is 18.2 Å². The molecule has 3 rings (SSSR count). The Morgan fingerprint density at radius 1 is 0.958 bits per heavy atom. The fraction of sp³-hybridized carbons (Fsp3) is 0.150. The molecule has 1 aromatic heterocycles. The molecule has 0 amide bonds. The summed E-state index contributed by atoms with van der Waals surface area (Å²) in [7, 11) is 0. The van der Waals surface area contributed by atoms with Gasteiger partial charge in [-0.1, -0.05) is 65.8 Å². The molecule has 4 nitrogen and oxygen atoms in total. The number of oxime groups is 1. The zero-order valence-corrected chi connectivity index (χ0v) is 13.8. The number of hydrogen-bond donors (Lipinski definition) is 0. The van der Waals surface area contributed by atoms with Crippen molar-refractivity contribution in [3.63, 3.8) is 0 Å². The molecule has 0 atom stereocenters. The van der Waals surface area contributed by atoms with Gasteiger partial charge in [-0.3, -0.25) is 0 Å². The second-order valence-corrected chi connectivity index (χ2v) is 5.56. The molecule has 24 heavy (non-hydrogen) atoms. The van der Waals surface area contributed by atoms with Crippen LogP contribution < -0.4 is 4.84 Å². The first-order valence-corrected chi connectivity index (χ1v) is 7.86. The van der Waals surface area contributed by atoms with Crippen LogP contribution in [0.15, 0.2) is 71.9 Å². The van der Waals surface area contributed by atoms with Crippen molar-refractivity contribution in [1.82, 2.24) is 9.97 Å². The molecule has 0 aliphatic heterocycles. The molecule has 0 bridgehead atoms. The first kappa shape index (κ1) is 15.9. The van der Waals surface area contributed by atoms with Gasteiger partial charge in [-0.15, -0.1) is 0 Å². The van der Waals surface area contributed by atoms with E-state index >= 15 is 0 Å². The zero-order chi connectivity index (χ0) is 16.8. The summed E-state index contributed by atoms with van der Waals surface area (Å²) < 4.78 is 0. The van der Waals surface area contributed by atoms with E-state index < -0.39 is 0 Å². The van der Waals surface area contributed by atoms with Crippen molar-refractivity contribution in [2.45, 2.75) is 20.3 Å². The van der Waals surface area contributed by atoms with Crippen LogP contribution in [0.1, 0.15) is 29.6 Å². The summed E-state index contributed by atoms with van der Waals surface area (Å²) in [6.45, 7) is 3.84. The maximum atomic E-state index is 5.52. The summed E-state index contributed by atoms with van der Waals surface area (Å²) in [5, 5.41) is 4.18. The van der Waals surface area contributed by atoms with E-state index in [0.717, 1.165) is 28.4 Å². The van der Waals surface area contributed by atoms with Crippen molar-refractivity contribution < 1.29 is 4.84 Å². The summed E-state index contributed by atoms with van der Waals surface area (Å²) in [6, 6.07) is 21.8. The van der Waals surface area contributed by atoms with Crippen molar-refractivity contribution in [3.05, 3.63) is 89.4 Å². The topological polar surface area (TPSA) is 47.4 Å². The Hall–Kier alpha value is -3.01. The molecule has 120 valence electrons. The number of aromatic nitrogens is 2. The number of benzene rings is 2. The van der Waals surface area contributed by atoms with Crippen LogP contribution in [0.3, 0.4) is 0 Å². The molecule has 0 fully saturated rings. The molecule has 0 saturated carbocycles. The highest BCUT2D eigenvalue weighted by Gasteiger charge is 2.05. The van der Waals surface area contributed by atoms with Crippen molar-refractivity contribution >= 4 is 5.71 Å². The lowest BCUT2D eigenvalue weighted by Crippen LogP contribution is -2.02. The Bertz CT molecular complexity index is 830. The Morgan fingerprint density at radius 2 is 1.62 bits per heavy atom. The Kier molecular flexibility index (Phi) is 4.96. The minimum absolute atomic E-state index is 0.462. The van der Waals surface area contributed by atoms with Crippen molar-refractivity contribution in [3.8, 4) is 5.88 Å². The largest absolute Gasteiger partial charge is 0.336 e. The summed E-state index contributed by atoms with van der Waals surface area (Å²) >= 11 is 0. The second-order valence-electron chi connectivity index (χ2n) is 5.56. The predicted molar refractivity (Wildman–Crippen MR) is 95.3 cm³/mol. The molecular formula is C20H19N3O. The van der Waals surface area contributed by atoms with Crippen LogP contribution >= 0.6 is 0 Å². The van der Waals surface area contributed by atoms with Crippen molar-refractivity contribution in [2.75, 3.05) is 0 Å². The van der Waals surface area contributed by atoms with Gasteiger partial charge in [0.2, 0.25) is 0 Å². The van der Waals surface area contributed by atoms with E-state index in [1.807, 2.05) is 62.4 Å². The molecule has 0 N–H and O–H groups in total. The van der Waals surface area contributed by atoms with Gasteiger partial charge in [0.05, 0.1) is 5.71 Å². The molecule has 0 saturated heterocycles. The monoisotopic (exact) mass is 317 g/mol. The third kappa shape index (κ3) is 4.26. The molecular weight excluding hydrogens is 298 g/mol. The molecule has 2 aromatic carbocycles. The molecule has 0 radical (unpaired) electrons. The fourth-order valence-corrected chi connectivity index (χ4v) is 2.35. The summed E-state index contributed by atoms with van der Waals surface area (Å²) in [5.41, 5.74) is 3.85. The van der Waals surface area contributed by atoms with E-state index in [1.165, 1.54) is 0 Å². The van der Waals surface area contributed by atoms with E-state index in [4.69, 9.17) is 4.84 Å². The van der Waals surface area contributed by atoms with Crippen molar-refractivity contribution in [1.29, 1.82) is 0 Å². The van der Waals surface area contributed by atoms with E-state index in [2.05, 4.69) is 27.3 Å². The van der Waals surface area contributed by atoms with Gasteiger partial charge in [-0.05, 0) is 25.0 Å². The van der Waals surface area contributed by atoms with Crippen LogP contribution in [0, 0.1) is 6.92 Å². The fourth-order valence-electron chi connectivity index (χ4n) is 2.35. The van der Waals surface area contributed by atoms with Gasteiger partial charge < -0.3 is 4.84 Å². The molecule has 3 aromatic rings. The molecule has 0 aliphatic carbocycles. The maximum Gasteiger partial charge on any atom is 0.252 e. The Morgan fingerprint density at radius 3 is 2.33 bits per heavy atom. The number of rotatable bonds is 5. The van der Waals surface area contributed by atoms with Gasteiger partial charge in [-0.2, -0.15) is 4.98 Å². The molecule has 4 heteroatoms. The summed E-state index contributed by atoms with van der Waals surface area (Å²) in [5.74, 6) is 1.19. The minimum atomic E-state index is 0.462. The van der Waals surface area contributed by atoms with E-state index in [0.29, 0.717) is 12.3 Å². The van der Waals surface area contributed by atoms with Gasteiger partial charge >= 0.3 is 0 Å². The van der Waals surface area contributed by atoms with Crippen LogP contribution in [0.4, 0.5) is 0 Å². The molecule has 1 heterocycles. The minimum Gasteiger partial charge on any atom is -0.336 e. The third-order valence-corrected chi connectivity index (χ3v) is 3.55. The van der Waals surface area contributed by atoms with Crippen LogP contribution in [-0.4, -0.2) is 15.7 Å². The standard InChI is InChI=1S/C20H19N3O/c1-15-13-20(24-23-16(2)18-11-7-4-8-12-18)22-19(21-15)14-17-9-5-3-6-10-17/h3-13H,14H2,1-2H3/b23-16+. The number of nitrogens with zero attached hydrogens (tertiary/aromatic N) is 3. The average molecular weight is 317 g/mol. The van der Waals surface area contributed by atoms with Gasteiger partial charge in [0.1, 0.15) is 5.82 Å². The highest BCUT2D eigenvalue weighted by Crippen LogP contribution is 2.13. The quantitative estimate of drug-likeness (QED) is 0.524. The lowest BCUT2D eigenvalue weighted by molar-refractivity contribution is 0.325. The third-order valence-electron chi connectivity index (χ3n) is 3.55. The second kappa shape index (κ2) is 7.51. The summed E-state index contributed by atoms with van der Waals surface area (Å²) in [4.78, 5) is 14.4. The lowest BCUT2D eigenvalue weighted by atomic mass is 10.1. The lowest BCUT2D eigenvalue weighted by Gasteiger charge is -2.05. The Labute approximate surface area is 141 Å². The zero-order valence-electron chi connectivity index (χ0n) is 13.8. The van der Waals surface area contributed by atoms with E-state index in [1.54, 1.807) is 6.07 Å².